The molecule has 8 heteroatoms. The third-order valence-corrected chi connectivity index (χ3v) is 7.54. The average molecular weight is 396 g/mol. The minimum atomic E-state index is -3.57. The maximum absolute atomic E-state index is 12.7. The summed E-state index contributed by atoms with van der Waals surface area (Å²) in [7, 11) is -2.00. The molecule has 0 amide bonds. The highest BCUT2D eigenvalue weighted by Gasteiger charge is 2.25. The fourth-order valence-electron chi connectivity index (χ4n) is 2.62. The minimum Gasteiger partial charge on any atom is -0.238 e. The van der Waals surface area contributed by atoms with E-state index in [2.05, 4.69) is 5.10 Å². The smallest absolute Gasteiger partial charge is 0.238 e. The maximum Gasteiger partial charge on any atom is 0.252 e. The summed E-state index contributed by atoms with van der Waals surface area (Å²) in [5, 5.41) is 4.57. The molecule has 3 rings (SSSR count). The van der Waals surface area contributed by atoms with Crippen LogP contribution in [0.15, 0.2) is 46.7 Å². The lowest BCUT2D eigenvalue weighted by atomic mass is 10.2. The summed E-state index contributed by atoms with van der Waals surface area (Å²) in [5.41, 5.74) is 3.59. The monoisotopic (exact) mass is 395 g/mol. The van der Waals surface area contributed by atoms with Gasteiger partial charge in [-0.15, -0.1) is 11.3 Å². The van der Waals surface area contributed by atoms with Crippen molar-refractivity contribution >= 4 is 33.0 Å². The van der Waals surface area contributed by atoms with Crippen molar-refractivity contribution in [3.63, 3.8) is 0 Å². The van der Waals surface area contributed by atoms with Gasteiger partial charge in [0, 0.05) is 24.8 Å². The summed E-state index contributed by atoms with van der Waals surface area (Å²) in [6.07, 6.45) is 0. The van der Waals surface area contributed by atoms with Crippen LogP contribution in [-0.2, 0) is 16.6 Å². The van der Waals surface area contributed by atoms with Gasteiger partial charge in [-0.1, -0.05) is 29.8 Å². The number of aromatic nitrogens is 2. The molecular weight excluding hydrogens is 378 g/mol. The Balaban J connectivity index is 1.92. The quantitative estimate of drug-likeness (QED) is 0.655. The van der Waals surface area contributed by atoms with Crippen LogP contribution in [0.4, 0.5) is 0 Å². The van der Waals surface area contributed by atoms with E-state index in [1.54, 1.807) is 13.1 Å². The van der Waals surface area contributed by atoms with Gasteiger partial charge in [-0.3, -0.25) is 0 Å². The Kier molecular flexibility index (Phi) is 5.02. The zero-order chi connectivity index (χ0) is 18.2. The van der Waals surface area contributed by atoms with Crippen LogP contribution >= 0.6 is 22.9 Å². The number of halogens is 1. The Morgan fingerprint density at radius 1 is 1.16 bits per heavy atom. The Morgan fingerprint density at radius 2 is 1.84 bits per heavy atom. The SMILES string of the molecule is Cc1nn(-c2ccccc2)c(C)c1CN(C)S(=O)(=O)c1ccc(Cl)s1. The number of sulfonamides is 1. The van der Waals surface area contributed by atoms with E-state index >= 15 is 0 Å². The van der Waals surface area contributed by atoms with Crippen LogP contribution in [0.3, 0.4) is 0 Å². The van der Waals surface area contributed by atoms with E-state index in [9.17, 15) is 8.42 Å². The molecule has 2 aromatic heterocycles. The van der Waals surface area contributed by atoms with Crippen LogP contribution in [0, 0.1) is 13.8 Å². The molecule has 0 radical (unpaired) electrons. The number of benzene rings is 1. The molecule has 3 aromatic rings. The lowest BCUT2D eigenvalue weighted by Crippen LogP contribution is -2.26. The van der Waals surface area contributed by atoms with Crippen molar-refractivity contribution in [1.29, 1.82) is 0 Å². The van der Waals surface area contributed by atoms with Crippen LogP contribution in [0.5, 0.6) is 0 Å². The van der Waals surface area contributed by atoms with Crippen molar-refractivity contribution in [1.82, 2.24) is 14.1 Å². The largest absolute Gasteiger partial charge is 0.252 e. The van der Waals surface area contributed by atoms with E-state index in [-0.39, 0.29) is 10.8 Å². The van der Waals surface area contributed by atoms with Crippen LogP contribution < -0.4 is 0 Å². The second-order valence-corrected chi connectivity index (χ2v) is 9.70. The van der Waals surface area contributed by atoms with Gasteiger partial charge in [0.1, 0.15) is 4.21 Å². The first kappa shape index (κ1) is 18.1. The molecule has 0 N–H and O–H groups in total. The first-order chi connectivity index (χ1) is 11.8. The number of nitrogens with zero attached hydrogens (tertiary/aromatic N) is 3. The summed E-state index contributed by atoms with van der Waals surface area (Å²) in [5.74, 6) is 0. The van der Waals surface area contributed by atoms with Gasteiger partial charge < -0.3 is 0 Å². The first-order valence-corrected chi connectivity index (χ1v) is 10.3. The summed E-state index contributed by atoms with van der Waals surface area (Å²) < 4.78 is 29.3. The normalized spacial score (nSPS) is 12.0. The van der Waals surface area contributed by atoms with Crippen molar-refractivity contribution in [3.05, 3.63) is 63.8 Å². The van der Waals surface area contributed by atoms with E-state index in [1.165, 1.54) is 10.4 Å². The Bertz CT molecular complexity index is 994. The van der Waals surface area contributed by atoms with Crippen LogP contribution in [0.1, 0.15) is 17.0 Å². The second-order valence-electron chi connectivity index (χ2n) is 5.72. The number of thiophene rings is 1. The van der Waals surface area contributed by atoms with Gasteiger partial charge in [0.05, 0.1) is 15.7 Å². The number of para-hydroxylation sites is 1. The summed E-state index contributed by atoms with van der Waals surface area (Å²) in [4.78, 5) is 0. The van der Waals surface area contributed by atoms with E-state index in [0.717, 1.165) is 34.0 Å². The lowest BCUT2D eigenvalue weighted by molar-refractivity contribution is 0.467. The molecule has 0 fully saturated rings. The highest BCUT2D eigenvalue weighted by atomic mass is 35.5. The van der Waals surface area contributed by atoms with Gasteiger partial charge in [0.25, 0.3) is 10.0 Å². The fraction of sp³-hybridized carbons (Fsp3) is 0.235. The molecule has 0 aliphatic carbocycles. The topological polar surface area (TPSA) is 55.2 Å². The molecule has 5 nitrogen and oxygen atoms in total. The zero-order valence-electron chi connectivity index (χ0n) is 14.1. The Labute approximate surface area is 156 Å². The Hall–Kier alpha value is -1.67. The van der Waals surface area contributed by atoms with Crippen LogP contribution in [0.2, 0.25) is 4.34 Å². The molecule has 0 aliphatic rings. The van der Waals surface area contributed by atoms with Gasteiger partial charge in [-0.05, 0) is 38.1 Å². The molecule has 25 heavy (non-hydrogen) atoms. The molecule has 1 aromatic carbocycles. The van der Waals surface area contributed by atoms with E-state index in [1.807, 2.05) is 48.9 Å². The summed E-state index contributed by atoms with van der Waals surface area (Å²) in [6.45, 7) is 4.09. The predicted octanol–water partition coefficient (Wildman–Crippen LogP) is 4.02. The predicted molar refractivity (Wildman–Crippen MR) is 101 cm³/mol. The van der Waals surface area contributed by atoms with Crippen molar-refractivity contribution in [2.45, 2.75) is 24.6 Å². The standard InChI is InChI=1S/C17H18ClN3O2S2/c1-12-15(13(2)21(19-12)14-7-5-4-6-8-14)11-20(3)25(22,23)17-10-9-16(18)24-17/h4-10H,11H2,1-3H3. The third-order valence-electron chi connectivity index (χ3n) is 4.04. The molecule has 0 unspecified atom stereocenters. The average Bonchev–Trinajstić information content (AvgIpc) is 3.14. The molecule has 0 aliphatic heterocycles. The highest BCUT2D eigenvalue weighted by Crippen LogP contribution is 2.29. The molecule has 0 spiro atoms. The van der Waals surface area contributed by atoms with Gasteiger partial charge in [-0.2, -0.15) is 9.40 Å². The Morgan fingerprint density at radius 3 is 2.44 bits per heavy atom. The van der Waals surface area contributed by atoms with Crippen molar-refractivity contribution < 1.29 is 8.42 Å². The van der Waals surface area contributed by atoms with Gasteiger partial charge in [-0.25, -0.2) is 13.1 Å². The number of aryl methyl sites for hydroxylation is 1. The molecule has 0 saturated carbocycles. The van der Waals surface area contributed by atoms with Crippen LogP contribution in [0.25, 0.3) is 5.69 Å². The highest BCUT2D eigenvalue weighted by molar-refractivity contribution is 7.91. The fourth-order valence-corrected chi connectivity index (χ4v) is 5.45. The number of rotatable bonds is 5. The van der Waals surface area contributed by atoms with E-state index < -0.39 is 10.0 Å². The molecule has 132 valence electrons. The van der Waals surface area contributed by atoms with Crippen molar-refractivity contribution in [2.24, 2.45) is 0 Å². The van der Waals surface area contributed by atoms with Gasteiger partial charge in [0.2, 0.25) is 0 Å². The molecule has 0 saturated heterocycles. The van der Waals surface area contributed by atoms with Gasteiger partial charge >= 0.3 is 0 Å². The van der Waals surface area contributed by atoms with Crippen molar-refractivity contribution in [3.8, 4) is 5.69 Å². The number of hydrogen-bond donors (Lipinski definition) is 0. The molecule has 0 bridgehead atoms. The molecule has 2 heterocycles. The lowest BCUT2D eigenvalue weighted by Gasteiger charge is -2.16. The molecular formula is C17H18ClN3O2S2. The van der Waals surface area contributed by atoms with Crippen molar-refractivity contribution in [2.75, 3.05) is 7.05 Å². The maximum atomic E-state index is 12.7. The second kappa shape index (κ2) is 6.92. The van der Waals surface area contributed by atoms with E-state index in [0.29, 0.717) is 4.34 Å². The third kappa shape index (κ3) is 3.50. The summed E-state index contributed by atoms with van der Waals surface area (Å²) in [6, 6.07) is 12.9. The van der Waals surface area contributed by atoms with E-state index in [4.69, 9.17) is 11.6 Å². The summed E-state index contributed by atoms with van der Waals surface area (Å²) >= 11 is 6.93. The van der Waals surface area contributed by atoms with Gasteiger partial charge in [0.15, 0.2) is 0 Å². The first-order valence-electron chi connectivity index (χ1n) is 7.63. The minimum absolute atomic E-state index is 0.241. The van der Waals surface area contributed by atoms with Crippen LogP contribution in [-0.4, -0.2) is 29.6 Å². The number of hydrogen-bond acceptors (Lipinski definition) is 4. The molecule has 0 atom stereocenters. The zero-order valence-corrected chi connectivity index (χ0v) is 16.5.